The van der Waals surface area contributed by atoms with E-state index in [1.54, 1.807) is 4.90 Å². The molecule has 0 heterocycles. The molecule has 1 atom stereocenters. The number of carbonyl (C=O) groups is 2. The van der Waals surface area contributed by atoms with Gasteiger partial charge in [0.25, 0.3) is 0 Å². The van der Waals surface area contributed by atoms with Crippen LogP contribution in [0.5, 0.6) is 0 Å². The summed E-state index contributed by atoms with van der Waals surface area (Å²) in [7, 11) is -3.54. The number of hydrogen-bond donors (Lipinski definition) is 1. The van der Waals surface area contributed by atoms with Crippen LogP contribution in [0.25, 0.3) is 0 Å². The van der Waals surface area contributed by atoms with Gasteiger partial charge in [-0.15, -0.1) is 0 Å². The van der Waals surface area contributed by atoms with Crippen molar-refractivity contribution in [1.82, 2.24) is 10.2 Å². The minimum Gasteiger partial charge on any atom is -0.352 e. The van der Waals surface area contributed by atoms with E-state index in [1.807, 2.05) is 84.9 Å². The van der Waals surface area contributed by atoms with Crippen LogP contribution in [0.1, 0.15) is 62.1 Å². The summed E-state index contributed by atoms with van der Waals surface area (Å²) >= 11 is 0. The Bertz CT molecular complexity index is 1390. The maximum atomic E-state index is 14.0. The lowest BCUT2D eigenvalue weighted by atomic mass is 10.0. The van der Waals surface area contributed by atoms with Crippen molar-refractivity contribution in [2.24, 2.45) is 0 Å². The van der Waals surface area contributed by atoms with E-state index < -0.39 is 16.1 Å². The first kappa shape index (κ1) is 31.3. The van der Waals surface area contributed by atoms with Crippen LogP contribution in [0.3, 0.4) is 0 Å². The molecule has 4 rings (SSSR count). The second-order valence-corrected chi connectivity index (χ2v) is 13.1. The number of amides is 2. The van der Waals surface area contributed by atoms with Crippen LogP contribution in [0.15, 0.2) is 84.9 Å². The minimum atomic E-state index is -3.54. The average molecular weight is 590 g/mol. The number of aryl methyl sites for hydroxylation is 1. The van der Waals surface area contributed by atoms with Crippen molar-refractivity contribution in [3.8, 4) is 0 Å². The van der Waals surface area contributed by atoms with E-state index in [0.717, 1.165) is 48.8 Å². The van der Waals surface area contributed by atoms with Gasteiger partial charge in [0.15, 0.2) is 0 Å². The van der Waals surface area contributed by atoms with Crippen molar-refractivity contribution in [2.45, 2.75) is 76.9 Å². The SMILES string of the molecule is CCc1ccc(N(CCCC(=O)N(Cc2ccccc2)[C@@H](Cc2ccccc2)C(=O)NC2CCCC2)S(C)(=O)=O)cc1. The highest BCUT2D eigenvalue weighted by atomic mass is 32.2. The van der Waals surface area contributed by atoms with E-state index in [4.69, 9.17) is 0 Å². The van der Waals surface area contributed by atoms with Gasteiger partial charge in [-0.2, -0.15) is 0 Å². The van der Waals surface area contributed by atoms with Crippen molar-refractivity contribution in [2.75, 3.05) is 17.1 Å². The summed E-state index contributed by atoms with van der Waals surface area (Å²) < 4.78 is 26.7. The highest BCUT2D eigenvalue weighted by molar-refractivity contribution is 7.92. The summed E-state index contributed by atoms with van der Waals surface area (Å²) in [6.45, 7) is 2.52. The lowest BCUT2D eigenvalue weighted by molar-refractivity contribution is -0.141. The Hall–Kier alpha value is -3.65. The zero-order valence-corrected chi connectivity index (χ0v) is 25.6. The van der Waals surface area contributed by atoms with Gasteiger partial charge in [-0.3, -0.25) is 13.9 Å². The fourth-order valence-electron chi connectivity index (χ4n) is 5.60. The highest BCUT2D eigenvalue weighted by Gasteiger charge is 2.32. The summed E-state index contributed by atoms with van der Waals surface area (Å²) in [6, 6.07) is 26.4. The van der Waals surface area contributed by atoms with E-state index in [1.165, 1.54) is 10.6 Å². The van der Waals surface area contributed by atoms with Crippen molar-refractivity contribution >= 4 is 27.5 Å². The van der Waals surface area contributed by atoms with Crippen molar-refractivity contribution in [3.05, 3.63) is 102 Å². The summed E-state index contributed by atoms with van der Waals surface area (Å²) in [5.41, 5.74) is 3.63. The molecular weight excluding hydrogens is 546 g/mol. The van der Waals surface area contributed by atoms with Crippen molar-refractivity contribution in [3.63, 3.8) is 0 Å². The monoisotopic (exact) mass is 589 g/mol. The van der Waals surface area contributed by atoms with E-state index in [2.05, 4.69) is 12.2 Å². The first-order valence-corrected chi connectivity index (χ1v) is 16.8. The van der Waals surface area contributed by atoms with Crippen LogP contribution < -0.4 is 9.62 Å². The maximum absolute atomic E-state index is 14.0. The van der Waals surface area contributed by atoms with E-state index in [0.29, 0.717) is 25.1 Å². The molecule has 8 heteroatoms. The fraction of sp³-hybridized carbons (Fsp3) is 0.412. The number of sulfonamides is 1. The van der Waals surface area contributed by atoms with Gasteiger partial charge < -0.3 is 10.2 Å². The Kier molecular flexibility index (Phi) is 11.2. The third-order valence-corrected chi connectivity index (χ3v) is 9.15. The Morgan fingerprint density at radius 1 is 0.857 bits per heavy atom. The predicted molar refractivity (Wildman–Crippen MR) is 169 cm³/mol. The first-order chi connectivity index (χ1) is 20.2. The molecular formula is C34H43N3O4S. The smallest absolute Gasteiger partial charge is 0.243 e. The molecule has 0 aliphatic heterocycles. The second-order valence-electron chi connectivity index (χ2n) is 11.2. The molecule has 1 N–H and O–H groups in total. The molecule has 224 valence electrons. The molecule has 0 radical (unpaired) electrons. The first-order valence-electron chi connectivity index (χ1n) is 15.0. The number of benzene rings is 3. The average Bonchev–Trinajstić information content (AvgIpc) is 3.50. The highest BCUT2D eigenvalue weighted by Crippen LogP contribution is 2.22. The molecule has 1 aliphatic rings. The molecule has 0 bridgehead atoms. The van der Waals surface area contributed by atoms with Gasteiger partial charge in [-0.1, -0.05) is 92.6 Å². The molecule has 0 spiro atoms. The molecule has 2 amide bonds. The van der Waals surface area contributed by atoms with Crippen LogP contribution in [-0.4, -0.2) is 50.0 Å². The number of carbonyl (C=O) groups excluding carboxylic acids is 2. The largest absolute Gasteiger partial charge is 0.352 e. The van der Waals surface area contributed by atoms with E-state index in [-0.39, 0.29) is 30.8 Å². The Morgan fingerprint density at radius 3 is 2.02 bits per heavy atom. The van der Waals surface area contributed by atoms with Crippen molar-refractivity contribution < 1.29 is 18.0 Å². The van der Waals surface area contributed by atoms with Gasteiger partial charge in [0.2, 0.25) is 21.8 Å². The van der Waals surface area contributed by atoms with Gasteiger partial charge in [-0.05, 0) is 54.5 Å². The van der Waals surface area contributed by atoms with Crippen LogP contribution in [0.4, 0.5) is 5.69 Å². The van der Waals surface area contributed by atoms with Gasteiger partial charge in [0.05, 0.1) is 11.9 Å². The number of anilines is 1. The third-order valence-electron chi connectivity index (χ3n) is 7.95. The summed E-state index contributed by atoms with van der Waals surface area (Å²) in [5, 5.41) is 3.22. The molecule has 3 aromatic rings. The molecule has 1 fully saturated rings. The number of rotatable bonds is 14. The Labute approximate surface area is 251 Å². The van der Waals surface area contributed by atoms with Crippen LogP contribution in [-0.2, 0) is 39.0 Å². The normalized spacial score (nSPS) is 14.3. The Balaban J connectivity index is 1.55. The predicted octanol–water partition coefficient (Wildman–Crippen LogP) is 5.49. The third kappa shape index (κ3) is 8.92. The quantitative estimate of drug-likeness (QED) is 0.269. The molecule has 1 saturated carbocycles. The molecule has 42 heavy (non-hydrogen) atoms. The van der Waals surface area contributed by atoms with Gasteiger partial charge in [0, 0.05) is 32.0 Å². The zero-order valence-electron chi connectivity index (χ0n) is 24.7. The Morgan fingerprint density at radius 2 is 1.45 bits per heavy atom. The second kappa shape index (κ2) is 15.0. The molecule has 0 aromatic heterocycles. The molecule has 3 aromatic carbocycles. The van der Waals surface area contributed by atoms with Crippen LogP contribution in [0, 0.1) is 0 Å². The zero-order chi connectivity index (χ0) is 30.0. The number of nitrogens with zero attached hydrogens (tertiary/aromatic N) is 2. The van der Waals surface area contributed by atoms with Crippen LogP contribution >= 0.6 is 0 Å². The molecule has 0 unspecified atom stereocenters. The lowest BCUT2D eigenvalue weighted by Crippen LogP contribution is -2.52. The number of nitrogens with one attached hydrogen (secondary N) is 1. The van der Waals surface area contributed by atoms with E-state index in [9.17, 15) is 18.0 Å². The van der Waals surface area contributed by atoms with Gasteiger partial charge in [-0.25, -0.2) is 8.42 Å². The van der Waals surface area contributed by atoms with Crippen LogP contribution in [0.2, 0.25) is 0 Å². The van der Waals surface area contributed by atoms with E-state index >= 15 is 0 Å². The van der Waals surface area contributed by atoms with Gasteiger partial charge >= 0.3 is 0 Å². The van der Waals surface area contributed by atoms with Gasteiger partial charge in [0.1, 0.15) is 6.04 Å². The lowest BCUT2D eigenvalue weighted by Gasteiger charge is -2.33. The topological polar surface area (TPSA) is 86.8 Å². The molecule has 7 nitrogen and oxygen atoms in total. The standard InChI is InChI=1S/C34H43N3O4S/c1-3-27-20-22-31(23-21-27)37(42(2,40)41)24-12-19-33(38)36(26-29-15-8-5-9-16-29)32(25-28-13-6-4-7-14-28)34(39)35-30-17-10-11-18-30/h4-9,13-16,20-23,30,32H,3,10-12,17-19,24-26H2,1-2H3,(H,35,39)/t32-/m0/s1. The maximum Gasteiger partial charge on any atom is 0.243 e. The summed E-state index contributed by atoms with van der Waals surface area (Å²) in [6.07, 6.45) is 7.00. The molecule has 0 saturated heterocycles. The fourth-order valence-corrected chi connectivity index (χ4v) is 6.57. The minimum absolute atomic E-state index is 0.119. The number of hydrogen-bond acceptors (Lipinski definition) is 4. The molecule has 1 aliphatic carbocycles. The summed E-state index contributed by atoms with van der Waals surface area (Å²) in [5.74, 6) is -0.306. The summed E-state index contributed by atoms with van der Waals surface area (Å²) in [4.78, 5) is 29.4. The van der Waals surface area contributed by atoms with Crippen molar-refractivity contribution in [1.29, 1.82) is 0 Å².